The lowest BCUT2D eigenvalue weighted by Gasteiger charge is -2.47. The molecule has 0 amide bonds. The maximum absolute atomic E-state index is 10.8. The molecule has 0 aromatic rings. The van der Waals surface area contributed by atoms with Gasteiger partial charge in [0.2, 0.25) is 0 Å². The van der Waals surface area contributed by atoms with E-state index < -0.39 is 0 Å². The van der Waals surface area contributed by atoms with E-state index in [1.807, 2.05) is 0 Å². The van der Waals surface area contributed by atoms with E-state index in [0.29, 0.717) is 17.3 Å². The minimum absolute atomic E-state index is 0.335. The van der Waals surface area contributed by atoms with E-state index in [9.17, 15) is 4.79 Å². The van der Waals surface area contributed by atoms with Crippen molar-refractivity contribution in [3.8, 4) is 0 Å². The van der Waals surface area contributed by atoms with Gasteiger partial charge < -0.3 is 4.79 Å². The summed E-state index contributed by atoms with van der Waals surface area (Å²) in [4.78, 5) is 10.8. The highest BCUT2D eigenvalue weighted by Crippen LogP contribution is 2.51. The van der Waals surface area contributed by atoms with Crippen LogP contribution in [0.25, 0.3) is 0 Å². The summed E-state index contributed by atoms with van der Waals surface area (Å²) >= 11 is 0. The van der Waals surface area contributed by atoms with E-state index in [2.05, 4.69) is 26.0 Å². The molecule has 0 aromatic carbocycles. The zero-order valence-electron chi connectivity index (χ0n) is 9.20. The summed E-state index contributed by atoms with van der Waals surface area (Å²) in [6.07, 6.45) is 10.5. The standard InChI is InChI=1S/C13H20O/c1-10-4-3-6-13(2)7-5-11(9-14)8-12(10)13/h3-4,9-12H,5-8H2,1-2H3/t10-,11?,12+,13-/m1/s1. The van der Waals surface area contributed by atoms with E-state index in [-0.39, 0.29) is 0 Å². The van der Waals surface area contributed by atoms with Gasteiger partial charge in [-0.15, -0.1) is 0 Å². The topological polar surface area (TPSA) is 17.1 Å². The molecule has 2 aliphatic carbocycles. The third-order valence-corrected chi connectivity index (χ3v) is 4.39. The zero-order valence-corrected chi connectivity index (χ0v) is 9.20. The quantitative estimate of drug-likeness (QED) is 0.460. The molecule has 1 fully saturated rings. The van der Waals surface area contributed by atoms with E-state index in [4.69, 9.17) is 0 Å². The van der Waals surface area contributed by atoms with E-state index in [0.717, 1.165) is 18.8 Å². The van der Waals surface area contributed by atoms with Gasteiger partial charge >= 0.3 is 0 Å². The normalized spacial score (nSPS) is 47.1. The van der Waals surface area contributed by atoms with Gasteiger partial charge in [0.25, 0.3) is 0 Å². The van der Waals surface area contributed by atoms with Gasteiger partial charge in [0.1, 0.15) is 6.29 Å². The molecule has 0 heterocycles. The minimum atomic E-state index is 0.335. The first-order chi connectivity index (χ1) is 6.65. The Morgan fingerprint density at radius 3 is 3.00 bits per heavy atom. The second-order valence-electron chi connectivity index (χ2n) is 5.42. The second kappa shape index (κ2) is 3.52. The van der Waals surface area contributed by atoms with Crippen LogP contribution in [0.2, 0.25) is 0 Å². The molecule has 1 nitrogen and oxygen atoms in total. The number of carbonyl (C=O) groups is 1. The second-order valence-corrected chi connectivity index (χ2v) is 5.42. The van der Waals surface area contributed by atoms with E-state index in [1.165, 1.54) is 19.1 Å². The highest BCUT2D eigenvalue weighted by molar-refractivity contribution is 5.53. The third kappa shape index (κ3) is 1.53. The van der Waals surface area contributed by atoms with Crippen LogP contribution in [0.15, 0.2) is 12.2 Å². The van der Waals surface area contributed by atoms with Crippen molar-refractivity contribution in [1.29, 1.82) is 0 Å². The average molecular weight is 192 g/mol. The SMILES string of the molecule is C[C@@H]1C=CC[C@]2(C)CCC(C=O)C[C@@H]12. The maximum Gasteiger partial charge on any atom is 0.123 e. The minimum Gasteiger partial charge on any atom is -0.303 e. The van der Waals surface area contributed by atoms with Crippen LogP contribution in [0.5, 0.6) is 0 Å². The Balaban J connectivity index is 2.18. The van der Waals surface area contributed by atoms with Crippen molar-refractivity contribution in [2.75, 3.05) is 0 Å². The number of fused-ring (bicyclic) bond motifs is 1. The lowest BCUT2D eigenvalue weighted by atomic mass is 9.57. The molecule has 0 aliphatic heterocycles. The summed E-state index contributed by atoms with van der Waals surface area (Å²) in [5.74, 6) is 1.73. The van der Waals surface area contributed by atoms with Gasteiger partial charge in [-0.1, -0.05) is 26.0 Å². The van der Waals surface area contributed by atoms with Gasteiger partial charge in [-0.05, 0) is 42.9 Å². The Labute approximate surface area is 86.6 Å². The summed E-state index contributed by atoms with van der Waals surface area (Å²) in [6.45, 7) is 4.70. The van der Waals surface area contributed by atoms with Crippen molar-refractivity contribution in [3.05, 3.63) is 12.2 Å². The summed E-state index contributed by atoms with van der Waals surface area (Å²) in [7, 11) is 0. The molecule has 2 rings (SSSR count). The number of aldehydes is 1. The lowest BCUT2D eigenvalue weighted by Crippen LogP contribution is -2.39. The molecule has 1 heteroatoms. The first kappa shape index (κ1) is 9.95. The predicted molar refractivity (Wildman–Crippen MR) is 57.9 cm³/mol. The molecule has 0 bridgehead atoms. The van der Waals surface area contributed by atoms with Crippen LogP contribution >= 0.6 is 0 Å². The monoisotopic (exact) mass is 192 g/mol. The molecule has 0 radical (unpaired) electrons. The molecule has 0 spiro atoms. The van der Waals surface area contributed by atoms with Gasteiger partial charge in [-0.25, -0.2) is 0 Å². The van der Waals surface area contributed by atoms with Gasteiger partial charge in [-0.3, -0.25) is 0 Å². The fourth-order valence-corrected chi connectivity index (χ4v) is 3.34. The molecular formula is C13H20O. The Hall–Kier alpha value is -0.590. The molecular weight excluding hydrogens is 172 g/mol. The highest BCUT2D eigenvalue weighted by atomic mass is 16.1. The van der Waals surface area contributed by atoms with Crippen molar-refractivity contribution in [3.63, 3.8) is 0 Å². The summed E-state index contributed by atoms with van der Waals surface area (Å²) in [5, 5.41) is 0. The Kier molecular flexibility index (Phi) is 2.50. The van der Waals surface area contributed by atoms with Gasteiger partial charge in [0, 0.05) is 5.92 Å². The molecule has 2 aliphatic rings. The van der Waals surface area contributed by atoms with E-state index >= 15 is 0 Å². The number of rotatable bonds is 1. The Morgan fingerprint density at radius 2 is 2.29 bits per heavy atom. The van der Waals surface area contributed by atoms with Crippen LogP contribution in [0.1, 0.15) is 39.5 Å². The molecule has 4 atom stereocenters. The molecule has 14 heavy (non-hydrogen) atoms. The predicted octanol–water partition coefficient (Wildman–Crippen LogP) is 3.20. The van der Waals surface area contributed by atoms with Crippen LogP contribution in [0.3, 0.4) is 0 Å². The largest absolute Gasteiger partial charge is 0.303 e. The molecule has 1 saturated carbocycles. The van der Waals surface area contributed by atoms with E-state index in [1.54, 1.807) is 0 Å². The molecule has 78 valence electrons. The number of allylic oxidation sites excluding steroid dienone is 2. The number of hydrogen-bond donors (Lipinski definition) is 0. The molecule has 0 N–H and O–H groups in total. The van der Waals surface area contributed by atoms with Crippen molar-refractivity contribution in [1.82, 2.24) is 0 Å². The fraction of sp³-hybridized carbons (Fsp3) is 0.769. The zero-order chi connectivity index (χ0) is 10.2. The van der Waals surface area contributed by atoms with Crippen molar-refractivity contribution < 1.29 is 4.79 Å². The summed E-state index contributed by atoms with van der Waals surface area (Å²) in [5.41, 5.74) is 0.480. The maximum atomic E-state index is 10.8. The summed E-state index contributed by atoms with van der Waals surface area (Å²) in [6, 6.07) is 0. The molecule has 1 unspecified atom stereocenters. The number of carbonyl (C=O) groups excluding carboxylic acids is 1. The van der Waals surface area contributed by atoms with Crippen LogP contribution in [0.4, 0.5) is 0 Å². The Morgan fingerprint density at radius 1 is 1.50 bits per heavy atom. The smallest absolute Gasteiger partial charge is 0.123 e. The van der Waals surface area contributed by atoms with Gasteiger partial charge in [0.15, 0.2) is 0 Å². The Bertz CT molecular complexity index is 256. The van der Waals surface area contributed by atoms with Crippen molar-refractivity contribution in [2.24, 2.45) is 23.2 Å². The van der Waals surface area contributed by atoms with Gasteiger partial charge in [-0.2, -0.15) is 0 Å². The van der Waals surface area contributed by atoms with Crippen LogP contribution < -0.4 is 0 Å². The van der Waals surface area contributed by atoms with Crippen LogP contribution in [-0.4, -0.2) is 6.29 Å². The first-order valence-corrected chi connectivity index (χ1v) is 5.78. The molecule has 0 aromatic heterocycles. The lowest BCUT2D eigenvalue weighted by molar-refractivity contribution is -0.114. The average Bonchev–Trinajstić information content (AvgIpc) is 2.17. The number of hydrogen-bond acceptors (Lipinski definition) is 1. The third-order valence-electron chi connectivity index (χ3n) is 4.39. The highest BCUT2D eigenvalue weighted by Gasteiger charge is 2.42. The summed E-state index contributed by atoms with van der Waals surface area (Å²) < 4.78 is 0. The molecule has 0 saturated heterocycles. The first-order valence-electron chi connectivity index (χ1n) is 5.78. The van der Waals surface area contributed by atoms with Crippen molar-refractivity contribution in [2.45, 2.75) is 39.5 Å². The van der Waals surface area contributed by atoms with Gasteiger partial charge in [0.05, 0.1) is 0 Å². The van der Waals surface area contributed by atoms with Crippen LogP contribution in [0, 0.1) is 23.2 Å². The van der Waals surface area contributed by atoms with Crippen molar-refractivity contribution >= 4 is 6.29 Å². The fourth-order valence-electron chi connectivity index (χ4n) is 3.34. The van der Waals surface area contributed by atoms with Crippen LogP contribution in [-0.2, 0) is 4.79 Å².